The molecule has 1 aliphatic heterocycles. The molecule has 1 heterocycles. The Morgan fingerprint density at radius 1 is 1.18 bits per heavy atom. The lowest BCUT2D eigenvalue weighted by atomic mass is 9.74. The highest BCUT2D eigenvalue weighted by molar-refractivity contribution is 5.59. The van der Waals surface area contributed by atoms with E-state index < -0.39 is 0 Å². The van der Waals surface area contributed by atoms with Crippen molar-refractivity contribution in [3.63, 3.8) is 0 Å². The Labute approximate surface area is 167 Å². The molecule has 1 atom stereocenters. The minimum Gasteiger partial charge on any atom is -0.396 e. The van der Waals surface area contributed by atoms with Crippen LogP contribution in [0.1, 0.15) is 38.7 Å². The Morgan fingerprint density at radius 2 is 1.89 bits per heavy atom. The second-order valence-electron chi connectivity index (χ2n) is 8.57. The molecule has 0 amide bonds. The lowest BCUT2D eigenvalue weighted by Gasteiger charge is -2.30. The van der Waals surface area contributed by atoms with Gasteiger partial charge in [-0.25, -0.2) is 0 Å². The van der Waals surface area contributed by atoms with Gasteiger partial charge < -0.3 is 10.0 Å². The van der Waals surface area contributed by atoms with Crippen LogP contribution in [0, 0.1) is 34.0 Å². The third kappa shape index (κ3) is 4.71. The van der Waals surface area contributed by atoms with Gasteiger partial charge in [-0.1, -0.05) is 44.2 Å². The van der Waals surface area contributed by atoms with E-state index in [4.69, 9.17) is 0 Å². The Hall–Kier alpha value is -2.82. The molecule has 3 rings (SSSR count). The van der Waals surface area contributed by atoms with Crippen molar-refractivity contribution in [1.29, 1.82) is 10.5 Å². The van der Waals surface area contributed by atoms with Crippen LogP contribution in [-0.2, 0) is 0 Å². The summed E-state index contributed by atoms with van der Waals surface area (Å²) < 4.78 is 0. The first-order valence-electron chi connectivity index (χ1n) is 9.82. The van der Waals surface area contributed by atoms with E-state index in [0.29, 0.717) is 5.92 Å². The summed E-state index contributed by atoms with van der Waals surface area (Å²) in [4.78, 5) is 2.32. The van der Waals surface area contributed by atoms with Crippen LogP contribution in [0.3, 0.4) is 0 Å². The SMILES string of the molecule is CC1(C)CC(/C=C/c2ccc(N3CC[C@@H](CO)C3)cc2)=CC(=C(C#N)C#N)C1. The maximum absolute atomic E-state index is 9.31. The van der Waals surface area contributed by atoms with Crippen molar-refractivity contribution in [3.8, 4) is 12.1 Å². The highest BCUT2D eigenvalue weighted by atomic mass is 16.3. The van der Waals surface area contributed by atoms with E-state index in [-0.39, 0.29) is 17.6 Å². The molecule has 0 spiro atoms. The highest BCUT2D eigenvalue weighted by Gasteiger charge is 2.26. The number of benzene rings is 1. The Kier molecular flexibility index (Phi) is 6.02. The lowest BCUT2D eigenvalue weighted by molar-refractivity contribution is 0.238. The van der Waals surface area contributed by atoms with Crippen molar-refractivity contribution in [3.05, 3.63) is 58.7 Å². The molecule has 1 aromatic rings. The maximum atomic E-state index is 9.31. The van der Waals surface area contributed by atoms with E-state index in [1.54, 1.807) is 0 Å². The second-order valence-corrected chi connectivity index (χ2v) is 8.57. The lowest BCUT2D eigenvalue weighted by Crippen LogP contribution is -2.20. The van der Waals surface area contributed by atoms with Crippen molar-refractivity contribution in [2.45, 2.75) is 33.1 Å². The first-order chi connectivity index (χ1) is 13.4. The number of aliphatic hydroxyl groups excluding tert-OH is 1. The number of aliphatic hydroxyl groups is 1. The number of allylic oxidation sites excluding steroid dienone is 5. The molecule has 0 radical (unpaired) electrons. The first kappa shape index (κ1) is 19.9. The van der Waals surface area contributed by atoms with Gasteiger partial charge in [-0.2, -0.15) is 10.5 Å². The van der Waals surface area contributed by atoms with E-state index in [0.717, 1.165) is 49.1 Å². The Morgan fingerprint density at radius 3 is 2.50 bits per heavy atom. The number of hydrogen-bond donors (Lipinski definition) is 1. The molecule has 0 aromatic heterocycles. The standard InChI is InChI=1S/C24H27N3O/c1-24(2)12-19(11-21(13-24)22(14-25)15-26)4-3-18-5-7-23(8-6-18)27-10-9-20(16-27)17-28/h3-8,11,20,28H,9-10,12-13,16-17H2,1-2H3/b4-3+/t20-/m1/s1. The van der Waals surface area contributed by atoms with Gasteiger partial charge in [0, 0.05) is 31.3 Å². The molecule has 0 saturated carbocycles. The van der Waals surface area contributed by atoms with Crippen LogP contribution < -0.4 is 4.90 Å². The maximum Gasteiger partial charge on any atom is 0.132 e. The summed E-state index contributed by atoms with van der Waals surface area (Å²) in [5, 5.41) is 27.7. The molecule has 1 N–H and O–H groups in total. The Bertz CT molecular complexity index is 875. The smallest absolute Gasteiger partial charge is 0.132 e. The summed E-state index contributed by atoms with van der Waals surface area (Å²) in [6, 6.07) is 12.5. The molecule has 2 aliphatic rings. The van der Waals surface area contributed by atoms with E-state index in [2.05, 4.69) is 55.2 Å². The molecular weight excluding hydrogens is 346 g/mol. The molecule has 1 saturated heterocycles. The number of nitrogens with zero attached hydrogens (tertiary/aromatic N) is 3. The minimum atomic E-state index is 0.0333. The zero-order valence-electron chi connectivity index (χ0n) is 16.7. The molecule has 1 aliphatic carbocycles. The third-order valence-electron chi connectivity index (χ3n) is 5.55. The summed E-state index contributed by atoms with van der Waals surface area (Å²) in [5.74, 6) is 0.384. The van der Waals surface area contributed by atoms with Crippen LogP contribution >= 0.6 is 0 Å². The molecule has 4 nitrogen and oxygen atoms in total. The highest BCUT2D eigenvalue weighted by Crippen LogP contribution is 2.39. The first-order valence-corrected chi connectivity index (χ1v) is 9.82. The zero-order chi connectivity index (χ0) is 20.1. The van der Waals surface area contributed by atoms with Gasteiger partial charge in [0.15, 0.2) is 0 Å². The number of nitriles is 2. The molecule has 28 heavy (non-hydrogen) atoms. The average Bonchev–Trinajstić information content (AvgIpc) is 3.16. The average molecular weight is 374 g/mol. The summed E-state index contributed by atoms with van der Waals surface area (Å²) in [5.41, 5.74) is 4.55. The quantitative estimate of drug-likeness (QED) is 0.783. The molecule has 4 heteroatoms. The van der Waals surface area contributed by atoms with Gasteiger partial charge in [0.05, 0.1) is 0 Å². The van der Waals surface area contributed by atoms with Crippen molar-refractivity contribution < 1.29 is 5.11 Å². The topological polar surface area (TPSA) is 71.0 Å². The van der Waals surface area contributed by atoms with Crippen molar-refractivity contribution in [2.24, 2.45) is 11.3 Å². The second kappa shape index (κ2) is 8.46. The van der Waals surface area contributed by atoms with Gasteiger partial charge in [0.25, 0.3) is 0 Å². The summed E-state index contributed by atoms with van der Waals surface area (Å²) in [7, 11) is 0. The van der Waals surface area contributed by atoms with Gasteiger partial charge in [-0.15, -0.1) is 0 Å². The number of hydrogen-bond acceptors (Lipinski definition) is 4. The van der Waals surface area contributed by atoms with Crippen LogP contribution in [0.25, 0.3) is 6.08 Å². The van der Waals surface area contributed by atoms with Crippen LogP contribution in [0.2, 0.25) is 0 Å². The fourth-order valence-electron chi connectivity index (χ4n) is 4.11. The molecule has 0 unspecified atom stereocenters. The molecule has 0 bridgehead atoms. The van der Waals surface area contributed by atoms with Crippen LogP contribution in [0.15, 0.2) is 53.1 Å². The number of anilines is 1. The fourth-order valence-corrected chi connectivity index (χ4v) is 4.11. The van der Waals surface area contributed by atoms with E-state index in [9.17, 15) is 15.6 Å². The predicted molar refractivity (Wildman–Crippen MR) is 112 cm³/mol. The molecule has 1 aromatic carbocycles. The minimum absolute atomic E-state index is 0.0333. The molecule has 1 fully saturated rings. The van der Waals surface area contributed by atoms with E-state index >= 15 is 0 Å². The Balaban J connectivity index is 1.75. The summed E-state index contributed by atoms with van der Waals surface area (Å²) in [6.45, 7) is 6.52. The van der Waals surface area contributed by atoms with Gasteiger partial charge in [0.2, 0.25) is 0 Å². The van der Waals surface area contributed by atoms with Crippen molar-refractivity contribution in [2.75, 3.05) is 24.6 Å². The monoisotopic (exact) mass is 373 g/mol. The largest absolute Gasteiger partial charge is 0.396 e. The van der Waals surface area contributed by atoms with Crippen LogP contribution in [-0.4, -0.2) is 24.8 Å². The normalized spacial score (nSPS) is 21.3. The van der Waals surface area contributed by atoms with Crippen molar-refractivity contribution in [1.82, 2.24) is 0 Å². The number of rotatable bonds is 4. The van der Waals surface area contributed by atoms with Crippen LogP contribution in [0.5, 0.6) is 0 Å². The molecular formula is C24H27N3O. The predicted octanol–water partition coefficient (Wildman–Crippen LogP) is 4.61. The van der Waals surface area contributed by atoms with Crippen LogP contribution in [0.4, 0.5) is 5.69 Å². The van der Waals surface area contributed by atoms with E-state index in [1.165, 1.54) is 5.69 Å². The van der Waals surface area contributed by atoms with Crippen molar-refractivity contribution >= 4 is 11.8 Å². The van der Waals surface area contributed by atoms with Gasteiger partial charge in [0.1, 0.15) is 17.7 Å². The van der Waals surface area contributed by atoms with Gasteiger partial charge >= 0.3 is 0 Å². The zero-order valence-corrected chi connectivity index (χ0v) is 16.7. The summed E-state index contributed by atoms with van der Waals surface area (Å²) in [6.07, 6.45) is 8.90. The molecule has 144 valence electrons. The van der Waals surface area contributed by atoms with E-state index in [1.807, 2.05) is 18.2 Å². The summed E-state index contributed by atoms with van der Waals surface area (Å²) >= 11 is 0. The van der Waals surface area contributed by atoms with Gasteiger partial charge in [-0.3, -0.25) is 0 Å². The van der Waals surface area contributed by atoms with Gasteiger partial charge in [-0.05, 0) is 53.5 Å². The fraction of sp³-hybridized carbons (Fsp3) is 0.417. The third-order valence-corrected chi connectivity index (χ3v) is 5.55.